The Bertz CT molecular complexity index is 1030. The van der Waals surface area contributed by atoms with Crippen molar-refractivity contribution in [2.24, 2.45) is 0 Å². The highest BCUT2D eigenvalue weighted by Crippen LogP contribution is 2.27. The number of benzene rings is 3. The monoisotopic (exact) mass is 262 g/mol. The minimum absolute atomic E-state index is 0.0596. The third-order valence-corrected chi connectivity index (χ3v) is 3.55. The first kappa shape index (κ1) is 11.1. The fraction of sp³-hybridized carbons (Fsp3) is 0. The molecule has 0 spiro atoms. The maximum absolute atomic E-state index is 12.7. The van der Waals surface area contributed by atoms with E-state index in [0.717, 1.165) is 10.8 Å². The molecular weight excluding hydrogens is 252 g/mol. The van der Waals surface area contributed by atoms with Gasteiger partial charge in [0, 0.05) is 0 Å². The Hall–Kier alpha value is -2.81. The summed E-state index contributed by atoms with van der Waals surface area (Å²) in [4.78, 5) is 12.7. The van der Waals surface area contributed by atoms with Crippen LogP contribution in [0.2, 0.25) is 0 Å². The lowest BCUT2D eigenvalue weighted by molar-refractivity contribution is 0.475. The molecule has 0 atom stereocenters. The first-order valence-corrected chi connectivity index (χ1v) is 6.31. The van der Waals surface area contributed by atoms with Gasteiger partial charge in [-0.15, -0.1) is 0 Å². The molecule has 1 aromatic heterocycles. The first-order chi connectivity index (χ1) is 9.74. The number of hydrogen-bond acceptors (Lipinski definition) is 3. The summed E-state index contributed by atoms with van der Waals surface area (Å²) in [7, 11) is 0. The fourth-order valence-electron chi connectivity index (χ4n) is 2.61. The van der Waals surface area contributed by atoms with Gasteiger partial charge in [0.1, 0.15) is 16.9 Å². The van der Waals surface area contributed by atoms with Crippen LogP contribution in [-0.4, -0.2) is 5.11 Å². The predicted molar refractivity (Wildman–Crippen MR) is 79.2 cm³/mol. The van der Waals surface area contributed by atoms with Crippen molar-refractivity contribution in [3.05, 3.63) is 64.8 Å². The normalized spacial score (nSPS) is 11.4. The lowest BCUT2D eigenvalue weighted by Gasteiger charge is -2.05. The Balaban J connectivity index is 2.34. The van der Waals surface area contributed by atoms with E-state index in [4.69, 9.17) is 4.42 Å². The summed E-state index contributed by atoms with van der Waals surface area (Å²) in [6.07, 6.45) is 0. The highest BCUT2D eigenvalue weighted by Gasteiger charge is 2.11. The summed E-state index contributed by atoms with van der Waals surface area (Å²) in [5.41, 5.74) is 0.927. The molecule has 0 aliphatic rings. The van der Waals surface area contributed by atoms with Gasteiger partial charge in [0.2, 0.25) is 5.43 Å². The van der Waals surface area contributed by atoms with Crippen LogP contribution in [-0.2, 0) is 0 Å². The summed E-state index contributed by atoms with van der Waals surface area (Å²) in [6, 6.07) is 16.0. The van der Waals surface area contributed by atoms with Gasteiger partial charge in [-0.25, -0.2) is 0 Å². The predicted octanol–water partition coefficient (Wildman–Crippen LogP) is 3.81. The van der Waals surface area contributed by atoms with Crippen LogP contribution in [0.5, 0.6) is 5.75 Å². The number of fused-ring (bicyclic) bond motifs is 4. The molecule has 3 heteroatoms. The molecule has 3 nitrogen and oxygen atoms in total. The van der Waals surface area contributed by atoms with E-state index in [1.54, 1.807) is 6.07 Å². The molecule has 0 fully saturated rings. The molecule has 4 rings (SSSR count). The zero-order valence-electron chi connectivity index (χ0n) is 10.5. The zero-order chi connectivity index (χ0) is 13.7. The summed E-state index contributed by atoms with van der Waals surface area (Å²) in [5.74, 6) is 0.0596. The first-order valence-electron chi connectivity index (χ1n) is 6.31. The smallest absolute Gasteiger partial charge is 0.201 e. The molecule has 96 valence electrons. The molecule has 0 aliphatic carbocycles. The molecule has 0 bridgehead atoms. The van der Waals surface area contributed by atoms with E-state index in [0.29, 0.717) is 21.9 Å². The number of phenolic OH excluding ortho intramolecular Hbond substituents is 1. The average Bonchev–Trinajstić information content (AvgIpc) is 2.48. The van der Waals surface area contributed by atoms with E-state index < -0.39 is 0 Å². The van der Waals surface area contributed by atoms with Crippen molar-refractivity contribution in [1.82, 2.24) is 0 Å². The van der Waals surface area contributed by atoms with Gasteiger partial charge < -0.3 is 9.52 Å². The van der Waals surface area contributed by atoms with E-state index >= 15 is 0 Å². The minimum Gasteiger partial charge on any atom is -0.508 e. The van der Waals surface area contributed by atoms with Crippen molar-refractivity contribution in [3.63, 3.8) is 0 Å². The van der Waals surface area contributed by atoms with Crippen molar-refractivity contribution < 1.29 is 9.52 Å². The molecule has 1 heterocycles. The Morgan fingerprint density at radius 2 is 1.65 bits per heavy atom. The van der Waals surface area contributed by atoms with E-state index in [-0.39, 0.29) is 11.2 Å². The van der Waals surface area contributed by atoms with Crippen LogP contribution in [0.25, 0.3) is 32.7 Å². The van der Waals surface area contributed by atoms with Gasteiger partial charge in [-0.1, -0.05) is 30.3 Å². The largest absolute Gasteiger partial charge is 0.508 e. The highest BCUT2D eigenvalue weighted by atomic mass is 16.3. The Labute approximate surface area is 113 Å². The number of phenols is 1. The molecule has 0 saturated carbocycles. The maximum atomic E-state index is 12.7. The molecule has 3 aromatic carbocycles. The highest BCUT2D eigenvalue weighted by molar-refractivity contribution is 6.08. The van der Waals surface area contributed by atoms with Gasteiger partial charge in [0.25, 0.3) is 0 Å². The molecule has 4 aromatic rings. The molecule has 0 saturated heterocycles. The second-order valence-corrected chi connectivity index (χ2v) is 4.77. The van der Waals surface area contributed by atoms with Crippen molar-refractivity contribution in [1.29, 1.82) is 0 Å². The van der Waals surface area contributed by atoms with Gasteiger partial charge in [-0.3, -0.25) is 4.79 Å². The van der Waals surface area contributed by atoms with Gasteiger partial charge in [0.15, 0.2) is 0 Å². The molecule has 20 heavy (non-hydrogen) atoms. The van der Waals surface area contributed by atoms with E-state index in [1.165, 1.54) is 12.1 Å². The lowest BCUT2D eigenvalue weighted by Crippen LogP contribution is -2.02. The molecule has 0 aliphatic heterocycles. The molecule has 0 amide bonds. The van der Waals surface area contributed by atoms with Gasteiger partial charge in [-0.2, -0.15) is 0 Å². The number of rotatable bonds is 0. The average molecular weight is 262 g/mol. The quantitative estimate of drug-likeness (QED) is 0.387. The second-order valence-electron chi connectivity index (χ2n) is 4.77. The fourth-order valence-corrected chi connectivity index (χ4v) is 2.61. The second kappa shape index (κ2) is 3.84. The van der Waals surface area contributed by atoms with Crippen LogP contribution in [0.15, 0.2) is 63.8 Å². The van der Waals surface area contributed by atoms with Crippen molar-refractivity contribution >= 4 is 32.7 Å². The third-order valence-electron chi connectivity index (χ3n) is 3.55. The SMILES string of the molecule is O=c1c2cc(O)ccc2oc2ccc3ccccc3c12. The van der Waals surface area contributed by atoms with Crippen molar-refractivity contribution in [2.75, 3.05) is 0 Å². The Morgan fingerprint density at radius 1 is 0.850 bits per heavy atom. The van der Waals surface area contributed by atoms with Crippen LogP contribution >= 0.6 is 0 Å². The van der Waals surface area contributed by atoms with Gasteiger partial charge in [-0.05, 0) is 35.0 Å². The summed E-state index contributed by atoms with van der Waals surface area (Å²) < 4.78 is 5.78. The van der Waals surface area contributed by atoms with E-state index in [1.807, 2.05) is 36.4 Å². The third kappa shape index (κ3) is 1.43. The molecule has 0 radical (unpaired) electrons. The summed E-state index contributed by atoms with van der Waals surface area (Å²) in [6.45, 7) is 0. The lowest BCUT2D eigenvalue weighted by atomic mass is 10.0. The summed E-state index contributed by atoms with van der Waals surface area (Å²) >= 11 is 0. The van der Waals surface area contributed by atoms with Crippen molar-refractivity contribution in [2.45, 2.75) is 0 Å². The zero-order valence-corrected chi connectivity index (χ0v) is 10.5. The van der Waals surface area contributed by atoms with E-state index in [2.05, 4.69) is 0 Å². The van der Waals surface area contributed by atoms with Gasteiger partial charge in [0.05, 0.1) is 10.8 Å². The number of aromatic hydroxyl groups is 1. The maximum Gasteiger partial charge on any atom is 0.201 e. The Kier molecular flexibility index (Phi) is 2.12. The van der Waals surface area contributed by atoms with Crippen LogP contribution in [0.1, 0.15) is 0 Å². The molecular formula is C17H10O3. The minimum atomic E-state index is -0.117. The standard InChI is InChI=1S/C17H10O3/c18-11-6-8-14-13(9-11)17(19)16-12-4-2-1-3-10(12)5-7-15(16)20-14/h1-9,18H. The van der Waals surface area contributed by atoms with Crippen molar-refractivity contribution in [3.8, 4) is 5.75 Å². The van der Waals surface area contributed by atoms with Crippen LogP contribution in [0.4, 0.5) is 0 Å². The summed E-state index contributed by atoms with van der Waals surface area (Å²) in [5, 5.41) is 12.4. The van der Waals surface area contributed by atoms with Gasteiger partial charge >= 0.3 is 0 Å². The molecule has 0 unspecified atom stereocenters. The van der Waals surface area contributed by atoms with Crippen LogP contribution in [0, 0.1) is 0 Å². The Morgan fingerprint density at radius 3 is 2.55 bits per heavy atom. The number of hydrogen-bond donors (Lipinski definition) is 1. The van der Waals surface area contributed by atoms with Crippen LogP contribution < -0.4 is 5.43 Å². The van der Waals surface area contributed by atoms with E-state index in [9.17, 15) is 9.90 Å². The molecule has 1 N–H and O–H groups in total. The topological polar surface area (TPSA) is 50.4 Å². The van der Waals surface area contributed by atoms with Crippen LogP contribution in [0.3, 0.4) is 0 Å².